The number of nitrogens with zero attached hydrogens (tertiary/aromatic N) is 2. The van der Waals surface area contributed by atoms with Gasteiger partial charge in [-0.1, -0.05) is 12.0 Å². The minimum Gasteiger partial charge on any atom is -0.478 e. The van der Waals surface area contributed by atoms with E-state index in [1.165, 1.54) is 4.90 Å². The van der Waals surface area contributed by atoms with Crippen molar-refractivity contribution in [2.24, 2.45) is 0 Å². The van der Waals surface area contributed by atoms with Gasteiger partial charge >= 0.3 is 12.0 Å². The van der Waals surface area contributed by atoms with Gasteiger partial charge in [0.25, 0.3) is 0 Å². The number of carboxylic acid groups (broad SMARTS) is 1. The summed E-state index contributed by atoms with van der Waals surface area (Å²) in [6.45, 7) is 0.799. The highest BCUT2D eigenvalue weighted by Gasteiger charge is 2.27. The van der Waals surface area contributed by atoms with Crippen molar-refractivity contribution < 1.29 is 14.7 Å². The van der Waals surface area contributed by atoms with Gasteiger partial charge in [-0.25, -0.2) is 9.59 Å². The Labute approximate surface area is 117 Å². The Morgan fingerprint density at radius 1 is 1.50 bits per heavy atom. The van der Waals surface area contributed by atoms with Crippen LogP contribution < -0.4 is 4.90 Å². The lowest BCUT2D eigenvalue weighted by Gasteiger charge is -2.32. The Morgan fingerprint density at radius 3 is 2.90 bits per heavy atom. The van der Waals surface area contributed by atoms with Crippen molar-refractivity contribution in [2.45, 2.75) is 12.8 Å². The van der Waals surface area contributed by atoms with Crippen LogP contribution in [-0.2, 0) is 6.42 Å². The summed E-state index contributed by atoms with van der Waals surface area (Å²) < 4.78 is 0. The molecule has 0 unspecified atom stereocenters. The minimum atomic E-state index is -0.965. The van der Waals surface area contributed by atoms with E-state index in [4.69, 9.17) is 6.42 Å². The summed E-state index contributed by atoms with van der Waals surface area (Å²) in [5.41, 5.74) is 1.65. The number of carboxylic acids is 1. The number of aromatic carboxylic acids is 1. The molecule has 2 rings (SSSR count). The Kier molecular flexibility index (Phi) is 3.94. The summed E-state index contributed by atoms with van der Waals surface area (Å²) in [6.07, 6.45) is 6.63. The molecule has 0 saturated heterocycles. The van der Waals surface area contributed by atoms with Crippen LogP contribution >= 0.6 is 0 Å². The highest BCUT2D eigenvalue weighted by atomic mass is 16.4. The normalized spacial score (nSPS) is 13.3. The third-order valence-corrected chi connectivity index (χ3v) is 3.37. The van der Waals surface area contributed by atoms with Crippen LogP contribution in [0.2, 0.25) is 0 Å². The lowest BCUT2D eigenvalue weighted by atomic mass is 9.96. The average molecular weight is 272 g/mol. The van der Waals surface area contributed by atoms with Crippen LogP contribution in [0.4, 0.5) is 10.5 Å². The smallest absolute Gasteiger partial charge is 0.336 e. The fourth-order valence-electron chi connectivity index (χ4n) is 2.43. The Morgan fingerprint density at radius 2 is 2.25 bits per heavy atom. The van der Waals surface area contributed by atoms with Crippen LogP contribution in [0.25, 0.3) is 0 Å². The second kappa shape index (κ2) is 5.66. The van der Waals surface area contributed by atoms with Gasteiger partial charge in [-0.2, -0.15) is 0 Å². The van der Waals surface area contributed by atoms with E-state index in [-0.39, 0.29) is 18.1 Å². The molecule has 0 saturated carbocycles. The molecule has 1 aliphatic rings. The van der Waals surface area contributed by atoms with Gasteiger partial charge in [-0.15, -0.1) is 6.42 Å². The van der Waals surface area contributed by atoms with Crippen molar-refractivity contribution in [1.82, 2.24) is 4.90 Å². The quantitative estimate of drug-likeness (QED) is 0.835. The Hall–Kier alpha value is -2.48. The predicted molar refractivity (Wildman–Crippen MR) is 75.9 cm³/mol. The van der Waals surface area contributed by atoms with E-state index in [2.05, 4.69) is 5.92 Å². The van der Waals surface area contributed by atoms with Gasteiger partial charge in [-0.3, -0.25) is 4.90 Å². The molecular weight excluding hydrogens is 256 g/mol. The first kappa shape index (κ1) is 13.9. The molecule has 0 radical (unpaired) electrons. The van der Waals surface area contributed by atoms with Gasteiger partial charge in [0.2, 0.25) is 0 Å². The molecule has 0 aromatic heterocycles. The van der Waals surface area contributed by atoms with Crippen LogP contribution in [-0.4, -0.2) is 42.1 Å². The zero-order chi connectivity index (χ0) is 14.7. The second-order valence-electron chi connectivity index (χ2n) is 4.71. The number of hydrogen-bond donors (Lipinski definition) is 1. The molecule has 1 aliphatic heterocycles. The van der Waals surface area contributed by atoms with Gasteiger partial charge in [0.15, 0.2) is 0 Å². The predicted octanol–water partition coefficient (Wildman–Crippen LogP) is 1.82. The van der Waals surface area contributed by atoms with E-state index in [0.29, 0.717) is 24.2 Å². The highest BCUT2D eigenvalue weighted by Crippen LogP contribution is 2.30. The number of benzene rings is 1. The molecule has 1 aromatic rings. The molecule has 20 heavy (non-hydrogen) atoms. The first-order valence-corrected chi connectivity index (χ1v) is 6.37. The van der Waals surface area contributed by atoms with Crippen molar-refractivity contribution in [3.63, 3.8) is 0 Å². The summed E-state index contributed by atoms with van der Waals surface area (Å²) >= 11 is 0. The van der Waals surface area contributed by atoms with Crippen LogP contribution in [0, 0.1) is 12.3 Å². The third-order valence-electron chi connectivity index (χ3n) is 3.37. The van der Waals surface area contributed by atoms with Gasteiger partial charge in [0.1, 0.15) is 0 Å². The van der Waals surface area contributed by atoms with Crippen molar-refractivity contribution in [3.8, 4) is 12.3 Å². The molecule has 5 heteroatoms. The fourth-order valence-corrected chi connectivity index (χ4v) is 2.43. The monoisotopic (exact) mass is 272 g/mol. The summed E-state index contributed by atoms with van der Waals surface area (Å²) in [6, 6.07) is 4.81. The topological polar surface area (TPSA) is 60.9 Å². The first-order valence-electron chi connectivity index (χ1n) is 6.37. The van der Waals surface area contributed by atoms with Gasteiger partial charge < -0.3 is 10.0 Å². The van der Waals surface area contributed by atoms with Gasteiger partial charge in [0, 0.05) is 19.3 Å². The number of amides is 2. The maximum atomic E-state index is 12.3. The number of fused-ring (bicyclic) bond motifs is 1. The number of urea groups is 1. The lowest BCUT2D eigenvalue weighted by molar-refractivity contribution is 0.0695. The summed E-state index contributed by atoms with van der Waals surface area (Å²) in [5, 5.41) is 9.22. The van der Waals surface area contributed by atoms with E-state index in [1.54, 1.807) is 30.1 Å². The van der Waals surface area contributed by atoms with E-state index < -0.39 is 5.97 Å². The summed E-state index contributed by atoms with van der Waals surface area (Å²) in [7, 11) is 1.64. The summed E-state index contributed by atoms with van der Waals surface area (Å²) in [4.78, 5) is 26.6. The zero-order valence-corrected chi connectivity index (χ0v) is 11.3. The molecule has 0 fully saturated rings. The maximum absolute atomic E-state index is 12.3. The van der Waals surface area contributed by atoms with E-state index in [9.17, 15) is 14.7 Å². The highest BCUT2D eigenvalue weighted by molar-refractivity contribution is 5.97. The molecular formula is C15H16N2O3. The van der Waals surface area contributed by atoms with Crippen molar-refractivity contribution >= 4 is 17.7 Å². The molecule has 0 bridgehead atoms. The average Bonchev–Trinajstić information content (AvgIpc) is 2.45. The number of hydrogen-bond acceptors (Lipinski definition) is 2. The van der Waals surface area contributed by atoms with Gasteiger partial charge in [-0.05, 0) is 30.5 Å². The van der Waals surface area contributed by atoms with E-state index >= 15 is 0 Å². The van der Waals surface area contributed by atoms with Gasteiger partial charge in [0.05, 0.1) is 12.1 Å². The van der Waals surface area contributed by atoms with Crippen molar-refractivity contribution in [1.29, 1.82) is 0 Å². The molecule has 0 aliphatic carbocycles. The number of carbonyl (C=O) groups excluding carboxylic acids is 1. The SMILES string of the molecule is C#CCN(C)C(=O)N1CCCc2c(C(=O)O)cccc21. The zero-order valence-electron chi connectivity index (χ0n) is 11.3. The molecule has 1 heterocycles. The van der Waals surface area contributed by atoms with Crippen LogP contribution in [0.15, 0.2) is 18.2 Å². The molecule has 104 valence electrons. The minimum absolute atomic E-state index is 0.202. The second-order valence-corrected chi connectivity index (χ2v) is 4.71. The van der Waals surface area contributed by atoms with Crippen LogP contribution in [0.5, 0.6) is 0 Å². The molecule has 0 atom stereocenters. The molecule has 2 amide bonds. The van der Waals surface area contributed by atoms with E-state index in [1.807, 2.05) is 0 Å². The number of rotatable bonds is 2. The first-order chi connectivity index (χ1) is 9.56. The van der Waals surface area contributed by atoms with E-state index in [0.717, 1.165) is 6.42 Å². The lowest BCUT2D eigenvalue weighted by Crippen LogP contribution is -2.44. The molecule has 1 aromatic carbocycles. The molecule has 0 spiro atoms. The largest absolute Gasteiger partial charge is 0.478 e. The third kappa shape index (κ3) is 2.45. The number of carbonyl (C=O) groups is 2. The number of anilines is 1. The molecule has 1 N–H and O–H groups in total. The fraction of sp³-hybridized carbons (Fsp3) is 0.333. The van der Waals surface area contributed by atoms with Crippen LogP contribution in [0.3, 0.4) is 0 Å². The Balaban J connectivity index is 2.39. The standard InChI is InChI=1S/C15H16N2O3/c1-3-9-16(2)15(20)17-10-5-7-11-12(14(18)19)6-4-8-13(11)17/h1,4,6,8H,5,7,9-10H2,2H3,(H,18,19). The maximum Gasteiger partial charge on any atom is 0.336 e. The van der Waals surface area contributed by atoms with Crippen molar-refractivity contribution in [2.75, 3.05) is 25.0 Å². The number of terminal acetylenes is 1. The Bertz CT molecular complexity index is 589. The molecule has 5 nitrogen and oxygen atoms in total. The van der Waals surface area contributed by atoms with Crippen LogP contribution in [0.1, 0.15) is 22.3 Å². The van der Waals surface area contributed by atoms with Crippen molar-refractivity contribution in [3.05, 3.63) is 29.3 Å². The summed E-state index contributed by atoms with van der Waals surface area (Å²) in [5.74, 6) is 1.46.